The molecule has 0 bridgehead atoms. The van der Waals surface area contributed by atoms with Crippen LogP contribution in [0.4, 0.5) is 5.69 Å². The summed E-state index contributed by atoms with van der Waals surface area (Å²) < 4.78 is 0. The molecule has 2 rings (SSSR count). The summed E-state index contributed by atoms with van der Waals surface area (Å²) in [4.78, 5) is 23.3. The van der Waals surface area contributed by atoms with Crippen LogP contribution in [0, 0.1) is 6.92 Å². The first kappa shape index (κ1) is 15.5. The fraction of sp³-hybridized carbons (Fsp3) is 0.111. The molecule has 0 aliphatic rings. The fourth-order valence-electron chi connectivity index (χ4n) is 1.98. The molecule has 2 aromatic rings. The lowest BCUT2D eigenvalue weighted by molar-refractivity contribution is -0.112. The number of anilines is 1. The number of aromatic carboxylic acids is 1. The molecule has 0 fully saturated rings. The van der Waals surface area contributed by atoms with Gasteiger partial charge in [-0.25, -0.2) is 4.79 Å². The van der Waals surface area contributed by atoms with Gasteiger partial charge in [0, 0.05) is 5.57 Å². The van der Waals surface area contributed by atoms with Crippen molar-refractivity contribution in [3.63, 3.8) is 0 Å². The number of amides is 1. The van der Waals surface area contributed by atoms with Gasteiger partial charge in [-0.1, -0.05) is 42.0 Å². The molecule has 0 radical (unpaired) electrons. The Morgan fingerprint density at radius 1 is 1.05 bits per heavy atom. The summed E-state index contributed by atoms with van der Waals surface area (Å²) in [6, 6.07) is 14.1. The number of benzene rings is 2. The lowest BCUT2D eigenvalue weighted by Crippen LogP contribution is -2.15. The van der Waals surface area contributed by atoms with Gasteiger partial charge in [0.05, 0.1) is 11.3 Å². The molecule has 2 aromatic carbocycles. The largest absolute Gasteiger partial charge is 0.478 e. The normalized spacial score (nSPS) is 11.1. The Bertz CT molecular complexity index is 730. The molecule has 0 heterocycles. The highest BCUT2D eigenvalue weighted by Crippen LogP contribution is 2.16. The Kier molecular flexibility index (Phi) is 4.73. The van der Waals surface area contributed by atoms with Crippen LogP contribution in [-0.4, -0.2) is 17.0 Å². The van der Waals surface area contributed by atoms with Gasteiger partial charge in [-0.15, -0.1) is 0 Å². The van der Waals surface area contributed by atoms with E-state index in [4.69, 9.17) is 5.11 Å². The summed E-state index contributed by atoms with van der Waals surface area (Å²) in [6.07, 6.45) is 1.76. The van der Waals surface area contributed by atoms with Crippen molar-refractivity contribution < 1.29 is 14.7 Å². The Balaban J connectivity index is 2.18. The van der Waals surface area contributed by atoms with E-state index in [-0.39, 0.29) is 17.2 Å². The zero-order valence-electron chi connectivity index (χ0n) is 12.5. The average molecular weight is 295 g/mol. The van der Waals surface area contributed by atoms with E-state index < -0.39 is 5.97 Å². The molecule has 0 saturated carbocycles. The SMILES string of the molecule is CC(=Cc1ccc(C)cc1)C(=O)Nc1ccccc1C(=O)O. The molecule has 1 amide bonds. The number of carbonyl (C=O) groups is 2. The predicted molar refractivity (Wildman–Crippen MR) is 86.9 cm³/mol. The van der Waals surface area contributed by atoms with Crippen molar-refractivity contribution in [1.29, 1.82) is 0 Å². The van der Waals surface area contributed by atoms with Crippen molar-refractivity contribution in [3.05, 3.63) is 70.8 Å². The third-order valence-electron chi connectivity index (χ3n) is 3.22. The molecule has 2 N–H and O–H groups in total. The van der Waals surface area contributed by atoms with Gasteiger partial charge in [0.2, 0.25) is 0 Å². The van der Waals surface area contributed by atoms with Gasteiger partial charge in [-0.2, -0.15) is 0 Å². The maximum Gasteiger partial charge on any atom is 0.337 e. The average Bonchev–Trinajstić information content (AvgIpc) is 2.49. The third-order valence-corrected chi connectivity index (χ3v) is 3.22. The smallest absolute Gasteiger partial charge is 0.337 e. The Morgan fingerprint density at radius 3 is 2.32 bits per heavy atom. The van der Waals surface area contributed by atoms with Crippen LogP contribution in [0.3, 0.4) is 0 Å². The molecule has 112 valence electrons. The minimum absolute atomic E-state index is 0.0685. The number of hydrogen-bond acceptors (Lipinski definition) is 2. The number of aryl methyl sites for hydroxylation is 1. The quantitative estimate of drug-likeness (QED) is 0.844. The van der Waals surface area contributed by atoms with Crippen molar-refractivity contribution in [3.8, 4) is 0 Å². The molecule has 0 aliphatic heterocycles. The van der Waals surface area contributed by atoms with E-state index >= 15 is 0 Å². The lowest BCUT2D eigenvalue weighted by Gasteiger charge is -2.08. The van der Waals surface area contributed by atoms with Gasteiger partial charge in [0.15, 0.2) is 0 Å². The summed E-state index contributed by atoms with van der Waals surface area (Å²) in [6.45, 7) is 3.69. The number of carbonyl (C=O) groups excluding carboxylic acids is 1. The zero-order chi connectivity index (χ0) is 16.1. The monoisotopic (exact) mass is 295 g/mol. The molecule has 0 spiro atoms. The molecule has 0 unspecified atom stereocenters. The van der Waals surface area contributed by atoms with E-state index in [0.717, 1.165) is 11.1 Å². The van der Waals surface area contributed by atoms with Crippen molar-refractivity contribution in [2.75, 3.05) is 5.32 Å². The standard InChI is InChI=1S/C18H17NO3/c1-12-7-9-14(10-8-12)11-13(2)17(20)19-16-6-4-3-5-15(16)18(21)22/h3-11H,1-2H3,(H,19,20)(H,21,22). The van der Waals surface area contributed by atoms with Gasteiger partial charge < -0.3 is 10.4 Å². The van der Waals surface area contributed by atoms with Crippen molar-refractivity contribution in [2.24, 2.45) is 0 Å². The number of rotatable bonds is 4. The number of para-hydroxylation sites is 1. The molecular formula is C18H17NO3. The van der Waals surface area contributed by atoms with Crippen LogP contribution in [0.15, 0.2) is 54.1 Å². The van der Waals surface area contributed by atoms with Gasteiger partial charge in [-0.3, -0.25) is 4.79 Å². The minimum Gasteiger partial charge on any atom is -0.478 e. The highest BCUT2D eigenvalue weighted by Gasteiger charge is 2.12. The lowest BCUT2D eigenvalue weighted by atomic mass is 10.1. The first-order valence-corrected chi connectivity index (χ1v) is 6.86. The topological polar surface area (TPSA) is 66.4 Å². The first-order valence-electron chi connectivity index (χ1n) is 6.86. The van der Waals surface area contributed by atoms with E-state index in [2.05, 4.69) is 5.32 Å². The van der Waals surface area contributed by atoms with Crippen molar-refractivity contribution in [1.82, 2.24) is 0 Å². The van der Waals surface area contributed by atoms with Crippen LogP contribution in [0.2, 0.25) is 0 Å². The summed E-state index contributed by atoms with van der Waals surface area (Å²) in [5.41, 5.74) is 2.93. The molecule has 22 heavy (non-hydrogen) atoms. The van der Waals surface area contributed by atoms with E-state index in [9.17, 15) is 9.59 Å². The number of hydrogen-bond donors (Lipinski definition) is 2. The second kappa shape index (κ2) is 6.72. The Morgan fingerprint density at radius 2 is 1.68 bits per heavy atom. The maximum atomic E-state index is 12.2. The molecule has 0 aromatic heterocycles. The maximum absolute atomic E-state index is 12.2. The number of nitrogens with one attached hydrogen (secondary N) is 1. The zero-order valence-corrected chi connectivity index (χ0v) is 12.5. The van der Waals surface area contributed by atoms with Crippen LogP contribution in [0.25, 0.3) is 6.08 Å². The van der Waals surface area contributed by atoms with Gasteiger partial charge in [-0.05, 0) is 37.6 Å². The second-order valence-corrected chi connectivity index (χ2v) is 5.04. The Hall–Kier alpha value is -2.88. The molecule has 4 nitrogen and oxygen atoms in total. The molecular weight excluding hydrogens is 278 g/mol. The fourth-order valence-corrected chi connectivity index (χ4v) is 1.98. The summed E-state index contributed by atoms with van der Waals surface area (Å²) in [7, 11) is 0. The van der Waals surface area contributed by atoms with E-state index in [1.807, 2.05) is 31.2 Å². The van der Waals surface area contributed by atoms with Crippen LogP contribution < -0.4 is 5.32 Å². The van der Waals surface area contributed by atoms with E-state index in [1.165, 1.54) is 6.07 Å². The van der Waals surface area contributed by atoms with Crippen molar-refractivity contribution >= 4 is 23.6 Å². The minimum atomic E-state index is -1.07. The third kappa shape index (κ3) is 3.82. The summed E-state index contributed by atoms with van der Waals surface area (Å²) in [5, 5.41) is 11.7. The molecule has 0 atom stereocenters. The van der Waals surface area contributed by atoms with Gasteiger partial charge in [0.1, 0.15) is 0 Å². The van der Waals surface area contributed by atoms with Crippen LogP contribution in [0.1, 0.15) is 28.4 Å². The first-order chi connectivity index (χ1) is 10.5. The highest BCUT2D eigenvalue weighted by atomic mass is 16.4. The number of carboxylic acids is 1. The molecule has 0 aliphatic carbocycles. The number of carboxylic acid groups (broad SMARTS) is 1. The highest BCUT2D eigenvalue weighted by molar-refractivity contribution is 6.09. The van der Waals surface area contributed by atoms with Crippen LogP contribution in [0.5, 0.6) is 0 Å². The molecule has 4 heteroatoms. The second-order valence-electron chi connectivity index (χ2n) is 5.04. The molecule has 0 saturated heterocycles. The van der Waals surface area contributed by atoms with E-state index in [0.29, 0.717) is 5.57 Å². The van der Waals surface area contributed by atoms with Crippen LogP contribution >= 0.6 is 0 Å². The summed E-state index contributed by atoms with van der Waals surface area (Å²) >= 11 is 0. The predicted octanol–water partition coefficient (Wildman–Crippen LogP) is 3.74. The van der Waals surface area contributed by atoms with Crippen LogP contribution in [-0.2, 0) is 4.79 Å². The van der Waals surface area contributed by atoms with Gasteiger partial charge in [0.25, 0.3) is 5.91 Å². The van der Waals surface area contributed by atoms with Gasteiger partial charge >= 0.3 is 5.97 Å². The summed E-state index contributed by atoms with van der Waals surface area (Å²) in [5.74, 6) is -1.40. The Labute approximate surface area is 129 Å². The van der Waals surface area contributed by atoms with E-state index in [1.54, 1.807) is 31.2 Å². The van der Waals surface area contributed by atoms with Crippen molar-refractivity contribution in [2.45, 2.75) is 13.8 Å².